The van der Waals surface area contributed by atoms with Crippen LogP contribution in [0.2, 0.25) is 0 Å². The molecule has 3 rings (SSSR count). The first-order valence-corrected chi connectivity index (χ1v) is 10.6. The highest BCUT2D eigenvalue weighted by Gasteiger charge is 2.34. The Balaban J connectivity index is 1.74. The number of ether oxygens (including phenoxy) is 3. The first kappa shape index (κ1) is 22.5. The Morgan fingerprint density at radius 2 is 1.74 bits per heavy atom. The zero-order chi connectivity index (χ0) is 22.4. The van der Waals surface area contributed by atoms with Crippen molar-refractivity contribution in [3.8, 4) is 17.2 Å². The molecule has 1 aliphatic rings. The Hall–Kier alpha value is -3.20. The second-order valence-corrected chi connectivity index (χ2v) is 7.90. The van der Waals surface area contributed by atoms with Crippen molar-refractivity contribution in [2.75, 3.05) is 20.3 Å². The maximum absolute atomic E-state index is 12.2. The second kappa shape index (κ2) is 10.2. The van der Waals surface area contributed by atoms with Crippen LogP contribution in [0.3, 0.4) is 0 Å². The Morgan fingerprint density at radius 3 is 2.39 bits per heavy atom. The van der Waals surface area contributed by atoms with Crippen LogP contribution in [0.15, 0.2) is 47.6 Å². The number of carbonyl (C=O) groups is 2. The summed E-state index contributed by atoms with van der Waals surface area (Å²) in [6.45, 7) is 5.50. The Bertz CT molecular complexity index is 978. The van der Waals surface area contributed by atoms with Crippen LogP contribution in [0.1, 0.15) is 30.3 Å². The fourth-order valence-electron chi connectivity index (χ4n) is 2.89. The third-order valence-corrected chi connectivity index (χ3v) is 5.45. The fraction of sp³-hybridized carbons (Fsp3) is 0.318. The molecule has 1 aliphatic heterocycles. The highest BCUT2D eigenvalue weighted by atomic mass is 32.2. The largest absolute Gasteiger partial charge is 0.497 e. The van der Waals surface area contributed by atoms with Crippen LogP contribution in [-0.4, -0.2) is 42.3 Å². The number of thioether (sulfide) groups is 1. The highest BCUT2D eigenvalue weighted by Crippen LogP contribution is 2.43. The lowest BCUT2D eigenvalue weighted by Gasteiger charge is -2.22. The summed E-state index contributed by atoms with van der Waals surface area (Å²) in [5.41, 5.74) is 1.87. The lowest BCUT2D eigenvalue weighted by Crippen LogP contribution is -2.25. The number of benzene rings is 2. The molecule has 2 aromatic carbocycles. The zero-order valence-electron chi connectivity index (χ0n) is 17.9. The van der Waals surface area contributed by atoms with Crippen molar-refractivity contribution in [1.29, 1.82) is 0 Å². The molecular weight excluding hydrogens is 418 g/mol. The van der Waals surface area contributed by atoms with Crippen LogP contribution in [0.25, 0.3) is 0 Å². The highest BCUT2D eigenvalue weighted by molar-refractivity contribution is 8.14. The SMILES string of the molecule is COc1ccc(OCCOc2ccc(C)cc2)c([C@H]2SC(NC(C)=O)=NN2C(C)=O)c1. The summed E-state index contributed by atoms with van der Waals surface area (Å²) < 4.78 is 17.0. The molecule has 9 heteroatoms. The van der Waals surface area contributed by atoms with Crippen molar-refractivity contribution in [2.45, 2.75) is 26.1 Å². The van der Waals surface area contributed by atoms with Gasteiger partial charge in [-0.05, 0) is 37.3 Å². The van der Waals surface area contributed by atoms with Gasteiger partial charge in [0.15, 0.2) is 5.17 Å². The molecule has 0 saturated carbocycles. The van der Waals surface area contributed by atoms with Gasteiger partial charge in [-0.25, -0.2) is 5.01 Å². The zero-order valence-corrected chi connectivity index (χ0v) is 18.7. The molecule has 0 saturated heterocycles. The van der Waals surface area contributed by atoms with Crippen molar-refractivity contribution in [1.82, 2.24) is 10.3 Å². The second-order valence-electron chi connectivity index (χ2n) is 6.83. The van der Waals surface area contributed by atoms with Gasteiger partial charge in [0, 0.05) is 19.4 Å². The molecule has 0 fully saturated rings. The molecule has 0 radical (unpaired) electrons. The third-order valence-electron chi connectivity index (χ3n) is 4.36. The van der Waals surface area contributed by atoms with Gasteiger partial charge >= 0.3 is 0 Å². The van der Waals surface area contributed by atoms with E-state index < -0.39 is 5.37 Å². The normalized spacial score (nSPS) is 15.3. The average molecular weight is 444 g/mol. The van der Waals surface area contributed by atoms with Crippen molar-refractivity contribution < 1.29 is 23.8 Å². The predicted molar refractivity (Wildman–Crippen MR) is 119 cm³/mol. The summed E-state index contributed by atoms with van der Waals surface area (Å²) >= 11 is 1.26. The lowest BCUT2D eigenvalue weighted by molar-refractivity contribution is -0.129. The minimum absolute atomic E-state index is 0.255. The summed E-state index contributed by atoms with van der Waals surface area (Å²) in [6.07, 6.45) is 0. The number of hydrogen-bond donors (Lipinski definition) is 1. The van der Waals surface area contributed by atoms with Crippen molar-refractivity contribution in [2.24, 2.45) is 5.10 Å². The summed E-state index contributed by atoms with van der Waals surface area (Å²) in [4.78, 5) is 23.6. The number of amides is 2. The minimum atomic E-state index is -0.498. The van der Waals surface area contributed by atoms with Crippen LogP contribution >= 0.6 is 11.8 Å². The van der Waals surface area contributed by atoms with Crippen LogP contribution in [0.4, 0.5) is 0 Å². The van der Waals surface area contributed by atoms with Gasteiger partial charge in [0.1, 0.15) is 35.8 Å². The molecule has 8 nitrogen and oxygen atoms in total. The van der Waals surface area contributed by atoms with Crippen molar-refractivity contribution in [3.63, 3.8) is 0 Å². The third kappa shape index (κ3) is 5.91. The summed E-state index contributed by atoms with van der Waals surface area (Å²) in [6, 6.07) is 13.2. The van der Waals surface area contributed by atoms with E-state index in [-0.39, 0.29) is 11.8 Å². The molecule has 0 aliphatic carbocycles. The van der Waals surface area contributed by atoms with E-state index in [0.29, 0.717) is 35.4 Å². The first-order chi connectivity index (χ1) is 14.9. The maximum Gasteiger partial charge on any atom is 0.241 e. The number of methoxy groups -OCH3 is 1. The van der Waals surface area contributed by atoms with Gasteiger partial charge in [-0.15, -0.1) is 5.10 Å². The number of hydrazone groups is 1. The number of nitrogens with one attached hydrogen (secondary N) is 1. The quantitative estimate of drug-likeness (QED) is 0.659. The van der Waals surface area contributed by atoms with Crippen molar-refractivity contribution >= 4 is 28.7 Å². The molecule has 0 bridgehead atoms. The maximum atomic E-state index is 12.2. The standard InChI is InChI=1S/C22H25N3O5S/c1-14-5-7-17(8-6-14)29-11-12-30-20-10-9-18(28-4)13-19(20)21-25(16(3)27)24-22(31-21)23-15(2)26/h5-10,13,21H,11-12H2,1-4H3,(H,23,24,26)/t21-/m1/s1. The molecule has 0 spiro atoms. The summed E-state index contributed by atoms with van der Waals surface area (Å²) in [7, 11) is 1.57. The number of carbonyl (C=O) groups excluding carboxylic acids is 2. The van der Waals surface area contributed by atoms with Crippen molar-refractivity contribution in [3.05, 3.63) is 53.6 Å². The van der Waals surface area contributed by atoms with Gasteiger partial charge in [-0.2, -0.15) is 0 Å². The fourth-order valence-corrected chi connectivity index (χ4v) is 4.04. The molecule has 1 heterocycles. The van der Waals surface area contributed by atoms with Crippen LogP contribution in [0, 0.1) is 6.92 Å². The molecule has 1 N–H and O–H groups in total. The minimum Gasteiger partial charge on any atom is -0.497 e. The summed E-state index contributed by atoms with van der Waals surface area (Å²) in [5.74, 6) is 1.46. The van der Waals surface area contributed by atoms with Gasteiger partial charge in [0.25, 0.3) is 0 Å². The topological polar surface area (TPSA) is 89.5 Å². The Labute approximate surface area is 185 Å². The van der Waals surface area contributed by atoms with Gasteiger partial charge in [-0.3, -0.25) is 9.59 Å². The van der Waals surface area contributed by atoms with Crippen LogP contribution in [-0.2, 0) is 9.59 Å². The van der Waals surface area contributed by atoms with Gasteiger partial charge in [0.05, 0.1) is 7.11 Å². The molecule has 1 atom stereocenters. The van der Waals surface area contributed by atoms with Gasteiger partial charge < -0.3 is 19.5 Å². The number of nitrogens with zero attached hydrogens (tertiary/aromatic N) is 2. The van der Waals surface area contributed by atoms with Crippen LogP contribution < -0.4 is 19.5 Å². The van der Waals surface area contributed by atoms with E-state index >= 15 is 0 Å². The van der Waals surface area contributed by atoms with Gasteiger partial charge in [-0.1, -0.05) is 29.5 Å². The van der Waals surface area contributed by atoms with E-state index in [4.69, 9.17) is 14.2 Å². The molecule has 164 valence electrons. The average Bonchev–Trinajstić information content (AvgIpc) is 3.15. The predicted octanol–water partition coefficient (Wildman–Crippen LogP) is 3.46. The Kier molecular flexibility index (Phi) is 7.41. The van der Waals surface area contributed by atoms with E-state index in [2.05, 4.69) is 10.4 Å². The molecule has 0 unspecified atom stereocenters. The van der Waals surface area contributed by atoms with E-state index in [0.717, 1.165) is 11.3 Å². The number of hydrogen-bond acceptors (Lipinski definition) is 7. The molecule has 31 heavy (non-hydrogen) atoms. The lowest BCUT2D eigenvalue weighted by atomic mass is 10.1. The molecule has 2 amide bonds. The number of amidine groups is 1. The number of aryl methyl sites for hydroxylation is 1. The molecule has 2 aromatic rings. The number of rotatable bonds is 7. The van der Waals surface area contributed by atoms with Gasteiger partial charge in [0.2, 0.25) is 11.8 Å². The van der Waals surface area contributed by atoms with Crippen LogP contribution in [0.5, 0.6) is 17.2 Å². The van der Waals surface area contributed by atoms with E-state index in [1.807, 2.05) is 31.2 Å². The van der Waals surface area contributed by atoms with E-state index in [1.54, 1.807) is 25.3 Å². The Morgan fingerprint density at radius 1 is 1.06 bits per heavy atom. The molecule has 0 aromatic heterocycles. The van der Waals surface area contributed by atoms with E-state index in [1.165, 1.54) is 30.6 Å². The first-order valence-electron chi connectivity index (χ1n) is 9.70. The monoisotopic (exact) mass is 443 g/mol. The molecular formula is C22H25N3O5S. The summed E-state index contributed by atoms with van der Waals surface area (Å²) in [5, 5.41) is 8.05. The smallest absolute Gasteiger partial charge is 0.241 e. The van der Waals surface area contributed by atoms with E-state index in [9.17, 15) is 9.59 Å².